The number of nitrogens with zero attached hydrogens (tertiary/aromatic N) is 2. The third-order valence-electron chi connectivity index (χ3n) is 4.21. The van der Waals surface area contributed by atoms with Crippen LogP contribution >= 0.6 is 0 Å². The highest BCUT2D eigenvalue weighted by molar-refractivity contribution is 7.89. The van der Waals surface area contributed by atoms with Crippen LogP contribution in [0.15, 0.2) is 0 Å². The van der Waals surface area contributed by atoms with E-state index in [1.165, 1.54) is 9.21 Å². The molecule has 2 aliphatic heterocycles. The van der Waals surface area contributed by atoms with Crippen molar-refractivity contribution in [1.82, 2.24) is 9.21 Å². The van der Waals surface area contributed by atoms with Crippen LogP contribution in [0.3, 0.4) is 0 Å². The summed E-state index contributed by atoms with van der Waals surface area (Å²) in [7, 11) is -3.46. The number of amides is 1. The van der Waals surface area contributed by atoms with Gasteiger partial charge in [-0.3, -0.25) is 4.79 Å². The first-order valence-corrected chi connectivity index (χ1v) is 9.60. The molecule has 132 valence electrons. The number of hydrogen-bond acceptors (Lipinski definition) is 5. The van der Waals surface area contributed by atoms with Crippen LogP contribution in [-0.2, 0) is 24.3 Å². The van der Waals surface area contributed by atoms with Gasteiger partial charge in [-0.2, -0.15) is 4.31 Å². The first-order valence-electron chi connectivity index (χ1n) is 7.99. The normalized spacial score (nSPS) is 26.9. The second-order valence-corrected chi connectivity index (χ2v) is 7.96. The lowest BCUT2D eigenvalue weighted by Gasteiger charge is -2.39. The molecule has 0 aromatic carbocycles. The zero-order valence-electron chi connectivity index (χ0n) is 13.3. The Labute approximate surface area is 136 Å². The minimum Gasteiger partial charge on any atom is -0.479 e. The highest BCUT2D eigenvalue weighted by atomic mass is 32.2. The fraction of sp³-hybridized carbons (Fsp3) is 0.857. The second kappa shape index (κ2) is 7.59. The first kappa shape index (κ1) is 18.2. The van der Waals surface area contributed by atoms with Gasteiger partial charge in [0.15, 0.2) is 6.10 Å². The van der Waals surface area contributed by atoms with Crippen molar-refractivity contribution in [3.8, 4) is 0 Å². The number of carboxylic acids is 1. The summed E-state index contributed by atoms with van der Waals surface area (Å²) in [6.07, 6.45) is 1.47. The van der Waals surface area contributed by atoms with Gasteiger partial charge in [0, 0.05) is 13.1 Å². The van der Waals surface area contributed by atoms with Crippen molar-refractivity contribution in [1.29, 1.82) is 0 Å². The summed E-state index contributed by atoms with van der Waals surface area (Å²) in [5, 5.41) is 9.03. The highest BCUT2D eigenvalue weighted by Crippen LogP contribution is 2.23. The Morgan fingerprint density at radius 1 is 1.26 bits per heavy atom. The predicted molar refractivity (Wildman–Crippen MR) is 82.4 cm³/mol. The lowest BCUT2D eigenvalue weighted by atomic mass is 10.0. The summed E-state index contributed by atoms with van der Waals surface area (Å²) in [6.45, 7) is 2.55. The molecule has 0 saturated carbocycles. The van der Waals surface area contributed by atoms with Crippen LogP contribution in [0.25, 0.3) is 0 Å². The van der Waals surface area contributed by atoms with Crippen molar-refractivity contribution >= 4 is 21.9 Å². The van der Waals surface area contributed by atoms with E-state index in [2.05, 4.69) is 0 Å². The number of hydrogen-bond donors (Lipinski definition) is 1. The van der Waals surface area contributed by atoms with Crippen molar-refractivity contribution in [2.45, 2.75) is 44.8 Å². The summed E-state index contributed by atoms with van der Waals surface area (Å²) in [6, 6.07) is -0.715. The SMILES string of the molecule is CCCS(=O)(=O)N1CCCCC1C(=O)N1CCOC(C(=O)O)C1. The lowest BCUT2D eigenvalue weighted by molar-refractivity contribution is -0.160. The van der Waals surface area contributed by atoms with Crippen LogP contribution < -0.4 is 0 Å². The number of sulfonamides is 1. The van der Waals surface area contributed by atoms with Gasteiger partial charge in [0.05, 0.1) is 18.9 Å². The number of carboxylic acid groups (broad SMARTS) is 1. The van der Waals surface area contributed by atoms with E-state index in [1.807, 2.05) is 0 Å². The summed E-state index contributed by atoms with van der Waals surface area (Å²) in [5.74, 6) is -1.39. The van der Waals surface area contributed by atoms with Crippen LogP contribution in [0.2, 0.25) is 0 Å². The van der Waals surface area contributed by atoms with Gasteiger partial charge in [0.25, 0.3) is 0 Å². The molecular formula is C14H24N2O6S. The van der Waals surface area contributed by atoms with Crippen molar-refractivity contribution in [2.24, 2.45) is 0 Å². The Morgan fingerprint density at radius 2 is 2.00 bits per heavy atom. The largest absolute Gasteiger partial charge is 0.479 e. The highest BCUT2D eigenvalue weighted by Gasteiger charge is 2.40. The van der Waals surface area contributed by atoms with E-state index in [9.17, 15) is 18.0 Å². The molecule has 0 aromatic heterocycles. The molecule has 1 amide bonds. The maximum absolute atomic E-state index is 12.8. The van der Waals surface area contributed by atoms with E-state index in [0.29, 0.717) is 25.9 Å². The molecule has 0 bridgehead atoms. The molecule has 2 unspecified atom stereocenters. The first-order chi connectivity index (χ1) is 10.9. The molecule has 2 aliphatic rings. The van der Waals surface area contributed by atoms with Crippen molar-refractivity contribution < 1.29 is 27.9 Å². The Hall–Kier alpha value is -1.19. The Kier molecular flexibility index (Phi) is 5.99. The fourth-order valence-electron chi connectivity index (χ4n) is 3.07. The monoisotopic (exact) mass is 348 g/mol. The second-order valence-electron chi connectivity index (χ2n) is 5.92. The quantitative estimate of drug-likeness (QED) is 0.743. The number of ether oxygens (including phenoxy) is 1. The Balaban J connectivity index is 2.13. The summed E-state index contributed by atoms with van der Waals surface area (Å²) < 4.78 is 31.2. The van der Waals surface area contributed by atoms with Gasteiger partial charge in [-0.1, -0.05) is 13.3 Å². The van der Waals surface area contributed by atoms with Gasteiger partial charge in [0.1, 0.15) is 6.04 Å². The summed E-state index contributed by atoms with van der Waals surface area (Å²) in [5.41, 5.74) is 0. The maximum Gasteiger partial charge on any atom is 0.334 e. The molecule has 9 heteroatoms. The Bertz CT molecular complexity index is 549. The molecule has 23 heavy (non-hydrogen) atoms. The van der Waals surface area contributed by atoms with Crippen LogP contribution in [0, 0.1) is 0 Å². The van der Waals surface area contributed by atoms with Gasteiger partial charge in [-0.05, 0) is 19.3 Å². The smallest absolute Gasteiger partial charge is 0.334 e. The number of aliphatic carboxylic acids is 1. The van der Waals surface area contributed by atoms with Gasteiger partial charge >= 0.3 is 5.97 Å². The van der Waals surface area contributed by atoms with E-state index in [1.54, 1.807) is 6.92 Å². The molecule has 0 spiro atoms. The standard InChI is InChI=1S/C14H24N2O6S/c1-2-9-23(20,21)16-6-4-3-5-11(16)13(17)15-7-8-22-12(10-15)14(18)19/h11-12H,2-10H2,1H3,(H,18,19). The zero-order chi connectivity index (χ0) is 17.0. The van der Waals surface area contributed by atoms with E-state index < -0.39 is 28.1 Å². The molecule has 2 saturated heterocycles. The molecular weight excluding hydrogens is 324 g/mol. The van der Waals surface area contributed by atoms with Crippen LogP contribution in [0.1, 0.15) is 32.6 Å². The van der Waals surface area contributed by atoms with Crippen LogP contribution in [0.5, 0.6) is 0 Å². The van der Waals surface area contributed by atoms with E-state index in [4.69, 9.17) is 9.84 Å². The molecule has 2 atom stereocenters. The number of carbonyl (C=O) groups excluding carboxylic acids is 1. The molecule has 0 aliphatic carbocycles. The zero-order valence-corrected chi connectivity index (χ0v) is 14.1. The van der Waals surface area contributed by atoms with E-state index in [0.717, 1.165) is 12.8 Å². The third kappa shape index (κ3) is 4.21. The molecule has 1 N–H and O–H groups in total. The molecule has 0 radical (unpaired) electrons. The van der Waals surface area contributed by atoms with E-state index >= 15 is 0 Å². The predicted octanol–water partition coefficient (Wildman–Crippen LogP) is -0.107. The number of carbonyl (C=O) groups is 2. The maximum atomic E-state index is 12.8. The minimum atomic E-state index is -3.46. The molecule has 0 aromatic rings. The van der Waals surface area contributed by atoms with Crippen molar-refractivity contribution in [2.75, 3.05) is 32.0 Å². The number of rotatable bonds is 5. The van der Waals surface area contributed by atoms with E-state index in [-0.39, 0.29) is 24.8 Å². The minimum absolute atomic E-state index is 0.0254. The van der Waals surface area contributed by atoms with Crippen LogP contribution in [-0.4, -0.2) is 78.7 Å². The third-order valence-corrected chi connectivity index (χ3v) is 6.29. The lowest BCUT2D eigenvalue weighted by Crippen LogP contribution is -2.57. The summed E-state index contributed by atoms with van der Waals surface area (Å²) in [4.78, 5) is 25.2. The van der Waals surface area contributed by atoms with Gasteiger partial charge in [0.2, 0.25) is 15.9 Å². The fourth-order valence-corrected chi connectivity index (χ4v) is 4.81. The summed E-state index contributed by atoms with van der Waals surface area (Å²) >= 11 is 0. The number of piperidine rings is 1. The van der Waals surface area contributed by atoms with Crippen molar-refractivity contribution in [3.05, 3.63) is 0 Å². The van der Waals surface area contributed by atoms with Gasteiger partial charge in [-0.25, -0.2) is 13.2 Å². The Morgan fingerprint density at radius 3 is 2.65 bits per heavy atom. The average Bonchev–Trinajstić information content (AvgIpc) is 2.54. The number of morpholine rings is 1. The van der Waals surface area contributed by atoms with Gasteiger partial charge in [-0.15, -0.1) is 0 Å². The molecule has 2 rings (SSSR count). The average molecular weight is 348 g/mol. The van der Waals surface area contributed by atoms with Gasteiger partial charge < -0.3 is 14.7 Å². The van der Waals surface area contributed by atoms with Crippen LogP contribution in [0.4, 0.5) is 0 Å². The molecule has 2 heterocycles. The molecule has 8 nitrogen and oxygen atoms in total. The topological polar surface area (TPSA) is 104 Å². The molecule has 2 fully saturated rings. The van der Waals surface area contributed by atoms with Crippen molar-refractivity contribution in [3.63, 3.8) is 0 Å².